The molecule has 0 aliphatic rings. The Bertz CT molecular complexity index is 675. The molecule has 2 unspecified atom stereocenters. The van der Waals surface area contributed by atoms with Gasteiger partial charge in [0.05, 0.1) is 17.9 Å². The summed E-state index contributed by atoms with van der Waals surface area (Å²) in [6.45, 7) is 4.42. The lowest BCUT2D eigenvalue weighted by Crippen LogP contribution is -2.46. The van der Waals surface area contributed by atoms with Gasteiger partial charge in [-0.1, -0.05) is 122 Å². The number of unbranched alkanes of at least 4 members (excludes halogenated alkanes) is 15. The molecule has 0 aliphatic heterocycles. The maximum Gasteiger partial charge on any atom is 0.267 e. The fourth-order valence-electron chi connectivity index (χ4n) is 4.17. The Kier molecular flexibility index (Phi) is 23.4. The maximum absolute atomic E-state index is 12.3. The van der Waals surface area contributed by atoms with Crippen LogP contribution in [-0.4, -0.2) is 41.9 Å². The summed E-state index contributed by atoms with van der Waals surface area (Å²) >= 11 is 0. The summed E-state index contributed by atoms with van der Waals surface area (Å²) in [5.41, 5.74) is 0. The summed E-state index contributed by atoms with van der Waals surface area (Å²) in [6.07, 6.45) is 27.4. The molecule has 3 N–H and O–H groups in total. The van der Waals surface area contributed by atoms with E-state index in [1.54, 1.807) is 6.08 Å². The molecule has 6 nitrogen and oxygen atoms in total. The van der Waals surface area contributed by atoms with Gasteiger partial charge in [-0.25, -0.2) is 0 Å². The van der Waals surface area contributed by atoms with Gasteiger partial charge in [-0.15, -0.1) is 0 Å². The molecule has 0 saturated carbocycles. The van der Waals surface area contributed by atoms with Crippen LogP contribution in [0.4, 0.5) is 0 Å². The van der Waals surface area contributed by atoms with Gasteiger partial charge in [0.2, 0.25) is 5.91 Å². The lowest BCUT2D eigenvalue weighted by Gasteiger charge is -2.21. The van der Waals surface area contributed by atoms with E-state index in [-0.39, 0.29) is 12.3 Å². The largest absolute Gasteiger partial charge is 0.387 e. The van der Waals surface area contributed by atoms with Crippen LogP contribution >= 0.6 is 0 Å². The average Bonchev–Trinajstić information content (AvgIpc) is 2.82. The number of aliphatic hydroxyl groups excluding tert-OH is 1. The van der Waals surface area contributed by atoms with Crippen molar-refractivity contribution in [2.75, 3.05) is 5.75 Å². The molecule has 1 amide bonds. The number of amides is 1. The summed E-state index contributed by atoms with van der Waals surface area (Å²) < 4.78 is 32.0. The van der Waals surface area contributed by atoms with Crippen molar-refractivity contribution < 1.29 is 22.9 Å². The second-order valence-corrected chi connectivity index (χ2v) is 11.5. The van der Waals surface area contributed by atoms with E-state index >= 15 is 0 Å². The highest BCUT2D eigenvalue weighted by Gasteiger charge is 2.24. The van der Waals surface area contributed by atoms with Crippen LogP contribution < -0.4 is 5.32 Å². The van der Waals surface area contributed by atoms with Crippen LogP contribution in [-0.2, 0) is 14.9 Å². The van der Waals surface area contributed by atoms with Gasteiger partial charge in [0.15, 0.2) is 0 Å². The first kappa shape index (κ1) is 34.8. The van der Waals surface area contributed by atoms with Gasteiger partial charge >= 0.3 is 0 Å². The van der Waals surface area contributed by atoms with Crippen molar-refractivity contribution in [1.29, 1.82) is 0 Å². The lowest BCUT2D eigenvalue weighted by atomic mass is 10.1. The summed E-state index contributed by atoms with van der Waals surface area (Å²) in [6, 6.07) is -1.06. The SMILES string of the molecule is CCCCCCCCC/C=C/CC/C=C/C(O)C(CS(=O)(=O)O)NC(=O)CCCCCCCCCC. The van der Waals surface area contributed by atoms with E-state index in [9.17, 15) is 22.9 Å². The van der Waals surface area contributed by atoms with Gasteiger partial charge in [0.1, 0.15) is 0 Å². The molecule has 0 bridgehead atoms. The minimum absolute atomic E-state index is 0.289. The molecule has 0 aliphatic carbocycles. The van der Waals surface area contributed by atoms with E-state index in [0.717, 1.165) is 38.5 Å². The quantitative estimate of drug-likeness (QED) is 0.0654. The van der Waals surface area contributed by atoms with Crippen LogP contribution in [0.5, 0.6) is 0 Å². The first-order valence-electron chi connectivity index (χ1n) is 14.5. The standard InChI is InChI=1S/C29H55NO5S/c1-3-5-7-9-11-13-14-15-16-17-18-20-22-24-28(31)27(26-36(33,34)35)30-29(32)25-23-21-19-12-10-8-6-4-2/h16-17,22,24,27-28,31H,3-15,18-21,23,25-26H2,1-2H3,(H,30,32)(H,33,34,35)/b17-16+,24-22+. The zero-order chi connectivity index (χ0) is 26.9. The number of rotatable bonds is 25. The topological polar surface area (TPSA) is 104 Å². The van der Waals surface area contributed by atoms with Crippen LogP contribution in [0.25, 0.3) is 0 Å². The highest BCUT2D eigenvalue weighted by molar-refractivity contribution is 7.85. The van der Waals surface area contributed by atoms with Crippen molar-refractivity contribution in [2.45, 2.75) is 148 Å². The van der Waals surface area contributed by atoms with E-state index in [0.29, 0.717) is 0 Å². The Morgan fingerprint density at radius 2 is 1.19 bits per heavy atom. The Balaban J connectivity index is 4.20. The molecule has 2 atom stereocenters. The zero-order valence-electron chi connectivity index (χ0n) is 23.1. The first-order chi connectivity index (χ1) is 17.3. The van der Waals surface area contributed by atoms with Crippen LogP contribution in [0.2, 0.25) is 0 Å². The Labute approximate surface area is 222 Å². The Morgan fingerprint density at radius 1 is 0.722 bits per heavy atom. The van der Waals surface area contributed by atoms with Gasteiger partial charge in [-0.2, -0.15) is 8.42 Å². The molecule has 7 heteroatoms. The Hall–Kier alpha value is -1.18. The predicted molar refractivity (Wildman–Crippen MR) is 152 cm³/mol. The number of hydrogen-bond donors (Lipinski definition) is 3. The monoisotopic (exact) mass is 529 g/mol. The molecule has 0 spiro atoms. The predicted octanol–water partition coefficient (Wildman–Crippen LogP) is 7.28. The second-order valence-electron chi connectivity index (χ2n) is 10.0. The van der Waals surface area contributed by atoms with Gasteiger partial charge in [0.25, 0.3) is 10.1 Å². The molecule has 0 fully saturated rings. The molecule has 0 aromatic carbocycles. The number of aliphatic hydroxyl groups is 1. The molecular formula is C29H55NO5S. The van der Waals surface area contributed by atoms with Gasteiger partial charge < -0.3 is 10.4 Å². The molecule has 36 heavy (non-hydrogen) atoms. The molecule has 0 radical (unpaired) electrons. The number of nitrogens with one attached hydrogen (secondary N) is 1. The summed E-state index contributed by atoms with van der Waals surface area (Å²) in [4.78, 5) is 12.3. The van der Waals surface area contributed by atoms with E-state index in [1.165, 1.54) is 83.1 Å². The number of carbonyl (C=O) groups is 1. The van der Waals surface area contributed by atoms with Crippen molar-refractivity contribution >= 4 is 16.0 Å². The van der Waals surface area contributed by atoms with Crippen molar-refractivity contribution in [1.82, 2.24) is 5.32 Å². The number of hydrogen-bond acceptors (Lipinski definition) is 4. The maximum atomic E-state index is 12.3. The summed E-state index contributed by atoms with van der Waals surface area (Å²) in [5, 5.41) is 13.0. The third kappa shape index (κ3) is 24.5. The molecule has 0 aromatic heterocycles. The van der Waals surface area contributed by atoms with Crippen LogP contribution in [0.15, 0.2) is 24.3 Å². The number of carbonyl (C=O) groups excluding carboxylic acids is 1. The lowest BCUT2D eigenvalue weighted by molar-refractivity contribution is -0.122. The zero-order valence-corrected chi connectivity index (χ0v) is 24.0. The van der Waals surface area contributed by atoms with E-state index in [2.05, 4.69) is 31.3 Å². The highest BCUT2D eigenvalue weighted by atomic mass is 32.2. The van der Waals surface area contributed by atoms with Crippen LogP contribution in [0, 0.1) is 0 Å². The molecule has 212 valence electrons. The average molecular weight is 530 g/mol. The number of allylic oxidation sites excluding steroid dienone is 3. The minimum Gasteiger partial charge on any atom is -0.387 e. The van der Waals surface area contributed by atoms with Crippen molar-refractivity contribution in [3.63, 3.8) is 0 Å². The first-order valence-corrected chi connectivity index (χ1v) is 16.1. The summed E-state index contributed by atoms with van der Waals surface area (Å²) in [7, 11) is -4.33. The van der Waals surface area contributed by atoms with Crippen LogP contribution in [0.1, 0.15) is 136 Å². The molecule has 0 heterocycles. The van der Waals surface area contributed by atoms with Gasteiger partial charge in [0, 0.05) is 6.42 Å². The smallest absolute Gasteiger partial charge is 0.267 e. The van der Waals surface area contributed by atoms with E-state index in [4.69, 9.17) is 0 Å². The molecular weight excluding hydrogens is 474 g/mol. The molecule has 0 rings (SSSR count). The Morgan fingerprint density at radius 3 is 1.75 bits per heavy atom. The van der Waals surface area contributed by atoms with Crippen molar-refractivity contribution in [3.8, 4) is 0 Å². The third-order valence-corrected chi connectivity index (χ3v) is 7.16. The fourth-order valence-corrected chi connectivity index (χ4v) is 4.90. The van der Waals surface area contributed by atoms with Crippen molar-refractivity contribution in [3.05, 3.63) is 24.3 Å². The normalized spacial score (nSPS) is 14.0. The second kappa shape index (κ2) is 24.2. The fraction of sp³-hybridized carbons (Fsp3) is 0.828. The minimum atomic E-state index is -4.33. The molecule has 0 aromatic rings. The molecule has 0 saturated heterocycles. The van der Waals surface area contributed by atoms with Gasteiger partial charge in [-0.05, 0) is 32.1 Å². The summed E-state index contributed by atoms with van der Waals surface area (Å²) in [5.74, 6) is -1.00. The van der Waals surface area contributed by atoms with E-state index < -0.39 is 28.0 Å². The van der Waals surface area contributed by atoms with E-state index in [1.807, 2.05) is 0 Å². The van der Waals surface area contributed by atoms with Crippen molar-refractivity contribution in [2.24, 2.45) is 0 Å². The highest BCUT2D eigenvalue weighted by Crippen LogP contribution is 2.11. The third-order valence-electron chi connectivity index (χ3n) is 6.38. The van der Waals surface area contributed by atoms with Crippen LogP contribution in [0.3, 0.4) is 0 Å². The van der Waals surface area contributed by atoms with Gasteiger partial charge in [-0.3, -0.25) is 9.35 Å².